The van der Waals surface area contributed by atoms with Crippen LogP contribution < -0.4 is 5.32 Å². The fraction of sp³-hybridized carbons (Fsp3) is 0.692. The molecule has 4 nitrogen and oxygen atoms in total. The minimum Gasteiger partial charge on any atom is -0.453 e. The Hall–Kier alpha value is -1.16. The third kappa shape index (κ3) is 1.71. The molecular weight excluding hydrogens is 218 g/mol. The van der Waals surface area contributed by atoms with E-state index in [2.05, 4.69) is 11.4 Å². The van der Waals surface area contributed by atoms with Gasteiger partial charge in [0.1, 0.15) is 17.9 Å². The van der Waals surface area contributed by atoms with E-state index >= 15 is 0 Å². The molecule has 2 bridgehead atoms. The van der Waals surface area contributed by atoms with Gasteiger partial charge in [0.2, 0.25) is 0 Å². The van der Waals surface area contributed by atoms with E-state index in [1.165, 1.54) is 0 Å². The first-order chi connectivity index (χ1) is 8.23. The van der Waals surface area contributed by atoms with Crippen LogP contribution in [0.2, 0.25) is 0 Å². The third-order valence-electron chi connectivity index (χ3n) is 4.22. The highest BCUT2D eigenvalue weighted by molar-refractivity contribution is 5.77. The molecule has 1 aliphatic heterocycles. The molecule has 1 heterocycles. The molecule has 3 aliphatic rings. The number of carbonyl (C=O) groups excluding carboxylic acids is 2. The highest BCUT2D eigenvalue weighted by Gasteiger charge is 2.52. The maximum absolute atomic E-state index is 12.0. The highest BCUT2D eigenvalue weighted by Crippen LogP contribution is 2.48. The van der Waals surface area contributed by atoms with Crippen LogP contribution >= 0.6 is 0 Å². The van der Waals surface area contributed by atoms with Gasteiger partial charge in [0.25, 0.3) is 0 Å². The van der Waals surface area contributed by atoms with Crippen molar-refractivity contribution in [3.63, 3.8) is 0 Å². The molecule has 4 heteroatoms. The summed E-state index contributed by atoms with van der Waals surface area (Å²) in [6.45, 7) is 0.877. The van der Waals surface area contributed by atoms with Crippen LogP contribution in [0.3, 0.4) is 0 Å². The summed E-state index contributed by atoms with van der Waals surface area (Å²) >= 11 is 0. The summed E-state index contributed by atoms with van der Waals surface area (Å²) in [6.07, 6.45) is 8.41. The second-order valence-electron chi connectivity index (χ2n) is 5.33. The summed E-state index contributed by atoms with van der Waals surface area (Å²) in [6, 6.07) is -0.176. The van der Waals surface area contributed by atoms with Gasteiger partial charge >= 0.3 is 5.97 Å². The van der Waals surface area contributed by atoms with Crippen molar-refractivity contribution in [2.24, 2.45) is 11.8 Å². The quantitative estimate of drug-likeness (QED) is 0.447. The lowest BCUT2D eigenvalue weighted by atomic mass is 9.90. The second-order valence-corrected chi connectivity index (χ2v) is 5.33. The van der Waals surface area contributed by atoms with Gasteiger partial charge in [-0.25, -0.2) is 0 Å². The van der Waals surface area contributed by atoms with E-state index in [9.17, 15) is 9.59 Å². The first kappa shape index (κ1) is 11.0. The van der Waals surface area contributed by atoms with Crippen LogP contribution in [0.4, 0.5) is 0 Å². The first-order valence-electron chi connectivity index (χ1n) is 6.34. The Balaban J connectivity index is 1.73. The van der Waals surface area contributed by atoms with Gasteiger partial charge in [0.05, 0.1) is 5.92 Å². The summed E-state index contributed by atoms with van der Waals surface area (Å²) < 4.78 is 5.66. The van der Waals surface area contributed by atoms with Crippen LogP contribution in [-0.2, 0) is 14.3 Å². The minimum atomic E-state index is -0.631. The monoisotopic (exact) mass is 235 g/mol. The SMILES string of the molecule is O=CC1CC2C=CC1(OC(=O)C1CCCN1)C2. The van der Waals surface area contributed by atoms with Crippen molar-refractivity contribution < 1.29 is 14.3 Å². The van der Waals surface area contributed by atoms with Crippen LogP contribution in [-0.4, -0.2) is 30.4 Å². The van der Waals surface area contributed by atoms with Crippen LogP contribution in [0.15, 0.2) is 12.2 Å². The standard InChI is InChI=1S/C13H17NO3/c15-8-10-6-9-3-4-13(10,7-9)17-12(16)11-2-1-5-14-11/h3-4,8-11,14H,1-2,5-7H2. The molecule has 2 aliphatic carbocycles. The van der Waals surface area contributed by atoms with E-state index in [1.54, 1.807) is 0 Å². The third-order valence-corrected chi connectivity index (χ3v) is 4.22. The van der Waals surface area contributed by atoms with Crippen molar-refractivity contribution in [1.82, 2.24) is 5.32 Å². The van der Waals surface area contributed by atoms with Gasteiger partial charge in [0.15, 0.2) is 0 Å². The largest absolute Gasteiger partial charge is 0.453 e. The Morgan fingerprint density at radius 1 is 1.53 bits per heavy atom. The summed E-state index contributed by atoms with van der Waals surface area (Å²) in [7, 11) is 0. The minimum absolute atomic E-state index is 0.150. The average molecular weight is 235 g/mol. The lowest BCUT2D eigenvalue weighted by Gasteiger charge is -2.30. The van der Waals surface area contributed by atoms with Crippen LogP contribution in [0.5, 0.6) is 0 Å². The van der Waals surface area contributed by atoms with E-state index in [1.807, 2.05) is 6.08 Å². The molecule has 0 aromatic carbocycles. The molecule has 0 spiro atoms. The number of rotatable bonds is 3. The molecule has 1 N–H and O–H groups in total. The number of ether oxygens (including phenoxy) is 1. The number of nitrogens with one attached hydrogen (secondary N) is 1. The predicted octanol–water partition coefficient (Wildman–Crippen LogP) is 0.815. The number of hydrogen-bond donors (Lipinski definition) is 1. The lowest BCUT2D eigenvalue weighted by Crippen LogP contribution is -2.42. The van der Waals surface area contributed by atoms with E-state index in [0.717, 1.165) is 38.5 Å². The van der Waals surface area contributed by atoms with Gasteiger partial charge in [-0.15, -0.1) is 0 Å². The summed E-state index contributed by atoms with van der Waals surface area (Å²) in [4.78, 5) is 23.1. The Kier molecular flexibility index (Phi) is 2.54. The van der Waals surface area contributed by atoms with Gasteiger partial charge in [0, 0.05) is 0 Å². The highest BCUT2D eigenvalue weighted by atomic mass is 16.6. The molecule has 17 heavy (non-hydrogen) atoms. The molecule has 4 unspecified atom stereocenters. The van der Waals surface area contributed by atoms with Gasteiger partial charge in [-0.1, -0.05) is 6.08 Å². The molecule has 1 saturated heterocycles. The maximum Gasteiger partial charge on any atom is 0.324 e. The van der Waals surface area contributed by atoms with Crippen molar-refractivity contribution in [2.45, 2.75) is 37.3 Å². The molecule has 0 radical (unpaired) electrons. The summed E-state index contributed by atoms with van der Waals surface area (Å²) in [5.41, 5.74) is -0.631. The fourth-order valence-electron chi connectivity index (χ4n) is 3.27. The van der Waals surface area contributed by atoms with Gasteiger partial charge in [-0.05, 0) is 44.2 Å². The number of allylic oxidation sites excluding steroid dienone is 1. The van der Waals surface area contributed by atoms with E-state index < -0.39 is 5.60 Å². The molecule has 0 aromatic heterocycles. The zero-order chi connectivity index (χ0) is 11.9. The Bertz CT molecular complexity index is 373. The van der Waals surface area contributed by atoms with Crippen molar-refractivity contribution in [1.29, 1.82) is 0 Å². The van der Waals surface area contributed by atoms with Crippen molar-refractivity contribution in [2.75, 3.05) is 6.54 Å². The lowest BCUT2D eigenvalue weighted by molar-refractivity contribution is -0.160. The Labute approximate surface area is 100 Å². The Morgan fingerprint density at radius 3 is 3.06 bits per heavy atom. The van der Waals surface area contributed by atoms with E-state index in [4.69, 9.17) is 4.74 Å². The fourth-order valence-corrected chi connectivity index (χ4v) is 3.27. The molecule has 0 amide bonds. The molecule has 3 rings (SSSR count). The predicted molar refractivity (Wildman–Crippen MR) is 61.3 cm³/mol. The van der Waals surface area contributed by atoms with Crippen molar-refractivity contribution >= 4 is 12.3 Å². The smallest absolute Gasteiger partial charge is 0.324 e. The molecule has 4 atom stereocenters. The molecular formula is C13H17NO3. The summed E-state index contributed by atoms with van der Waals surface area (Å²) in [5.74, 6) is 0.0685. The number of carbonyl (C=O) groups is 2. The number of hydrogen-bond acceptors (Lipinski definition) is 4. The summed E-state index contributed by atoms with van der Waals surface area (Å²) in [5, 5.41) is 3.13. The van der Waals surface area contributed by atoms with Crippen LogP contribution in [0, 0.1) is 11.8 Å². The second kappa shape index (κ2) is 3.95. The van der Waals surface area contributed by atoms with Gasteiger partial charge in [-0.3, -0.25) is 4.79 Å². The Morgan fingerprint density at radius 2 is 2.41 bits per heavy atom. The number of aldehydes is 1. The molecule has 2 fully saturated rings. The van der Waals surface area contributed by atoms with E-state index in [0.29, 0.717) is 5.92 Å². The van der Waals surface area contributed by atoms with Crippen LogP contribution in [0.1, 0.15) is 25.7 Å². The van der Waals surface area contributed by atoms with Gasteiger partial charge in [-0.2, -0.15) is 0 Å². The maximum atomic E-state index is 12.0. The van der Waals surface area contributed by atoms with Gasteiger partial charge < -0.3 is 14.8 Å². The average Bonchev–Trinajstić information content (AvgIpc) is 3.03. The van der Waals surface area contributed by atoms with Crippen LogP contribution in [0.25, 0.3) is 0 Å². The zero-order valence-corrected chi connectivity index (χ0v) is 9.72. The topological polar surface area (TPSA) is 55.4 Å². The number of esters is 1. The van der Waals surface area contributed by atoms with Crippen molar-refractivity contribution in [3.05, 3.63) is 12.2 Å². The van der Waals surface area contributed by atoms with E-state index in [-0.39, 0.29) is 17.9 Å². The normalized spacial score (nSPS) is 42.9. The first-order valence-corrected chi connectivity index (χ1v) is 6.34. The zero-order valence-electron chi connectivity index (χ0n) is 9.72. The van der Waals surface area contributed by atoms with Crippen molar-refractivity contribution in [3.8, 4) is 0 Å². The molecule has 92 valence electrons. The number of fused-ring (bicyclic) bond motifs is 2. The molecule has 1 saturated carbocycles. The molecule has 0 aromatic rings.